The highest BCUT2D eigenvalue weighted by Crippen LogP contribution is 2.27. The van der Waals surface area contributed by atoms with E-state index in [-0.39, 0.29) is 5.69 Å². The minimum atomic E-state index is -1.76. The van der Waals surface area contributed by atoms with Gasteiger partial charge in [-0.15, -0.1) is 0 Å². The van der Waals surface area contributed by atoms with E-state index in [4.69, 9.17) is 16.3 Å². The normalized spacial score (nSPS) is 10.3. The maximum atomic E-state index is 13.5. The molecule has 0 fully saturated rings. The van der Waals surface area contributed by atoms with Crippen LogP contribution in [0.1, 0.15) is 10.4 Å². The predicted octanol–water partition coefficient (Wildman–Crippen LogP) is 3.13. The number of methoxy groups -OCH3 is 1. The Morgan fingerprint density at radius 1 is 1.12 bits per heavy atom. The third kappa shape index (κ3) is 4.42. The zero-order chi connectivity index (χ0) is 18.6. The van der Waals surface area contributed by atoms with E-state index in [1.807, 2.05) is 0 Å². The van der Waals surface area contributed by atoms with Crippen molar-refractivity contribution in [1.29, 1.82) is 0 Å². The number of carbonyl (C=O) groups is 2. The third-order valence-corrected chi connectivity index (χ3v) is 3.36. The lowest BCUT2D eigenvalue weighted by Gasteiger charge is -2.11. The summed E-state index contributed by atoms with van der Waals surface area (Å²) in [4.78, 5) is 23.7. The molecule has 132 valence electrons. The minimum absolute atomic E-state index is 0.272. The molecular formula is C16H12ClF3N2O3. The molecule has 0 aliphatic heterocycles. The van der Waals surface area contributed by atoms with Gasteiger partial charge in [-0.1, -0.05) is 11.6 Å². The average molecular weight is 373 g/mol. The highest BCUT2D eigenvalue weighted by atomic mass is 35.5. The molecule has 2 aromatic rings. The van der Waals surface area contributed by atoms with Crippen LogP contribution in [0.15, 0.2) is 30.3 Å². The summed E-state index contributed by atoms with van der Waals surface area (Å²) in [5, 5.41) is 4.91. The Morgan fingerprint density at radius 2 is 1.84 bits per heavy atom. The third-order valence-electron chi connectivity index (χ3n) is 3.12. The zero-order valence-corrected chi connectivity index (χ0v) is 13.6. The summed E-state index contributed by atoms with van der Waals surface area (Å²) in [5.41, 5.74) is -0.444. The first-order chi connectivity index (χ1) is 11.8. The Bertz CT molecular complexity index is 831. The second kappa shape index (κ2) is 7.89. The van der Waals surface area contributed by atoms with Gasteiger partial charge in [-0.2, -0.15) is 0 Å². The van der Waals surface area contributed by atoms with E-state index in [9.17, 15) is 22.8 Å². The van der Waals surface area contributed by atoms with Crippen molar-refractivity contribution >= 4 is 29.1 Å². The van der Waals surface area contributed by atoms with Gasteiger partial charge in [0.2, 0.25) is 5.91 Å². The number of halogens is 4. The first-order valence-electron chi connectivity index (χ1n) is 6.88. The van der Waals surface area contributed by atoms with Gasteiger partial charge >= 0.3 is 0 Å². The number of hydrogen-bond donors (Lipinski definition) is 2. The number of rotatable bonds is 5. The molecule has 0 aliphatic rings. The summed E-state index contributed by atoms with van der Waals surface area (Å²) in [5.74, 6) is -6.19. The van der Waals surface area contributed by atoms with Crippen molar-refractivity contribution in [1.82, 2.24) is 5.32 Å². The number of anilines is 1. The van der Waals surface area contributed by atoms with Crippen molar-refractivity contribution in [2.45, 2.75) is 0 Å². The van der Waals surface area contributed by atoms with Gasteiger partial charge in [-0.05, 0) is 30.3 Å². The second-order valence-corrected chi connectivity index (χ2v) is 5.23. The minimum Gasteiger partial charge on any atom is -0.495 e. The van der Waals surface area contributed by atoms with Crippen LogP contribution in [0.25, 0.3) is 0 Å². The van der Waals surface area contributed by atoms with Crippen LogP contribution in [0.4, 0.5) is 18.9 Å². The Balaban J connectivity index is 2.02. The number of hydrogen-bond acceptors (Lipinski definition) is 3. The van der Waals surface area contributed by atoms with Gasteiger partial charge in [0, 0.05) is 5.02 Å². The predicted molar refractivity (Wildman–Crippen MR) is 85.3 cm³/mol. The maximum absolute atomic E-state index is 13.5. The summed E-state index contributed by atoms with van der Waals surface area (Å²) < 4.78 is 44.5. The molecule has 2 aromatic carbocycles. The van der Waals surface area contributed by atoms with Gasteiger partial charge in [-0.3, -0.25) is 9.59 Å². The van der Waals surface area contributed by atoms with Gasteiger partial charge in [0.15, 0.2) is 17.5 Å². The lowest BCUT2D eigenvalue weighted by Crippen LogP contribution is -2.33. The van der Waals surface area contributed by atoms with E-state index in [1.165, 1.54) is 19.2 Å². The fourth-order valence-electron chi connectivity index (χ4n) is 1.93. The van der Waals surface area contributed by atoms with E-state index in [0.717, 1.165) is 6.07 Å². The highest BCUT2D eigenvalue weighted by Gasteiger charge is 2.19. The number of carbonyl (C=O) groups excluding carboxylic acids is 2. The quantitative estimate of drug-likeness (QED) is 0.792. The number of amides is 2. The Morgan fingerprint density at radius 3 is 2.52 bits per heavy atom. The summed E-state index contributed by atoms with van der Waals surface area (Å²) in [6.45, 7) is -0.535. The lowest BCUT2D eigenvalue weighted by atomic mass is 10.2. The topological polar surface area (TPSA) is 67.4 Å². The summed E-state index contributed by atoms with van der Waals surface area (Å²) in [7, 11) is 1.40. The fraction of sp³-hybridized carbons (Fsp3) is 0.125. The van der Waals surface area contributed by atoms with Gasteiger partial charge in [0.25, 0.3) is 5.91 Å². The molecular weight excluding hydrogens is 361 g/mol. The SMILES string of the molecule is COc1ccc(Cl)cc1NC(=O)CNC(=O)c1ccc(F)c(F)c1F. The Kier molecular flexibility index (Phi) is 5.87. The van der Waals surface area contributed by atoms with E-state index in [2.05, 4.69) is 10.6 Å². The highest BCUT2D eigenvalue weighted by molar-refractivity contribution is 6.31. The first kappa shape index (κ1) is 18.6. The van der Waals surface area contributed by atoms with Crippen LogP contribution in [0.2, 0.25) is 5.02 Å². The second-order valence-electron chi connectivity index (χ2n) is 4.80. The van der Waals surface area contributed by atoms with Crippen LogP contribution in [-0.2, 0) is 4.79 Å². The lowest BCUT2D eigenvalue weighted by molar-refractivity contribution is -0.115. The van der Waals surface area contributed by atoms with E-state index in [0.29, 0.717) is 16.8 Å². The van der Waals surface area contributed by atoms with Crippen molar-refractivity contribution in [3.05, 3.63) is 58.4 Å². The molecule has 0 radical (unpaired) electrons. The van der Waals surface area contributed by atoms with Crippen molar-refractivity contribution in [3.63, 3.8) is 0 Å². The molecule has 0 spiro atoms. The molecule has 0 atom stereocenters. The average Bonchev–Trinajstić information content (AvgIpc) is 2.58. The van der Waals surface area contributed by atoms with Crippen molar-refractivity contribution in [3.8, 4) is 5.75 Å². The molecule has 0 saturated heterocycles. The van der Waals surface area contributed by atoms with Crippen molar-refractivity contribution in [2.75, 3.05) is 19.0 Å². The van der Waals surface area contributed by atoms with E-state index < -0.39 is 41.4 Å². The van der Waals surface area contributed by atoms with E-state index >= 15 is 0 Å². The molecule has 2 rings (SSSR count). The van der Waals surface area contributed by atoms with Crippen LogP contribution in [0, 0.1) is 17.5 Å². The van der Waals surface area contributed by atoms with Gasteiger partial charge in [0.05, 0.1) is 24.9 Å². The Labute approximate surface area is 145 Å². The molecule has 0 aliphatic carbocycles. The number of ether oxygens (including phenoxy) is 1. The van der Waals surface area contributed by atoms with Crippen molar-refractivity contribution < 1.29 is 27.5 Å². The standard InChI is InChI=1S/C16H12ClF3N2O3/c1-25-12-5-2-8(17)6-11(12)22-13(23)7-21-16(24)9-3-4-10(18)15(20)14(9)19/h2-6H,7H2,1H3,(H,21,24)(H,22,23). The molecule has 25 heavy (non-hydrogen) atoms. The van der Waals surface area contributed by atoms with Crippen LogP contribution < -0.4 is 15.4 Å². The number of nitrogens with one attached hydrogen (secondary N) is 2. The summed E-state index contributed by atoms with van der Waals surface area (Å²) in [6.07, 6.45) is 0. The van der Waals surface area contributed by atoms with Crippen molar-refractivity contribution in [2.24, 2.45) is 0 Å². The zero-order valence-electron chi connectivity index (χ0n) is 12.8. The molecule has 0 bridgehead atoms. The molecule has 2 amide bonds. The molecule has 0 aromatic heterocycles. The molecule has 0 saturated carbocycles. The van der Waals surface area contributed by atoms with Gasteiger partial charge < -0.3 is 15.4 Å². The fourth-order valence-corrected chi connectivity index (χ4v) is 2.10. The molecule has 5 nitrogen and oxygen atoms in total. The molecule has 2 N–H and O–H groups in total. The van der Waals surface area contributed by atoms with Crippen LogP contribution >= 0.6 is 11.6 Å². The smallest absolute Gasteiger partial charge is 0.254 e. The monoisotopic (exact) mass is 372 g/mol. The summed E-state index contributed by atoms with van der Waals surface area (Å²) in [6, 6.07) is 5.93. The molecule has 9 heteroatoms. The first-order valence-corrected chi connectivity index (χ1v) is 7.26. The molecule has 0 unspecified atom stereocenters. The maximum Gasteiger partial charge on any atom is 0.254 e. The van der Waals surface area contributed by atoms with Crippen LogP contribution in [0.5, 0.6) is 5.75 Å². The van der Waals surface area contributed by atoms with Gasteiger partial charge in [-0.25, -0.2) is 13.2 Å². The largest absolute Gasteiger partial charge is 0.495 e. The Hall–Kier alpha value is -2.74. The van der Waals surface area contributed by atoms with Crippen LogP contribution in [-0.4, -0.2) is 25.5 Å². The summed E-state index contributed by atoms with van der Waals surface area (Å²) >= 11 is 5.83. The van der Waals surface area contributed by atoms with Crippen LogP contribution in [0.3, 0.4) is 0 Å². The van der Waals surface area contributed by atoms with E-state index in [1.54, 1.807) is 6.07 Å². The number of benzene rings is 2. The van der Waals surface area contributed by atoms with Gasteiger partial charge in [0.1, 0.15) is 5.75 Å². The molecule has 0 heterocycles.